The maximum Gasteiger partial charge on any atom is 0.175 e. The average Bonchev–Trinajstić information content (AvgIpc) is 2.16. The Balaban J connectivity index is 2.79. The van der Waals surface area contributed by atoms with E-state index < -0.39 is 9.84 Å². The zero-order chi connectivity index (χ0) is 10.4. The summed E-state index contributed by atoms with van der Waals surface area (Å²) >= 11 is 0. The van der Waals surface area contributed by atoms with Crippen LogP contribution in [0, 0.1) is 0 Å². The molecular weight excluding hydrogens is 200 g/mol. The molecule has 0 aliphatic heterocycles. The Kier molecular flexibility index (Phi) is 3.59. The largest absolute Gasteiger partial charge is 0.299 e. The standard InChI is InChI=1S/C10H10O3S/c11-7-4-8-14(12,13)9-10-5-2-1-3-6-10/h1-8H,9H2/b8-4+. The van der Waals surface area contributed by atoms with Crippen molar-refractivity contribution in [2.45, 2.75) is 5.75 Å². The second-order valence-corrected chi connectivity index (χ2v) is 4.64. The fourth-order valence-electron chi connectivity index (χ4n) is 1.01. The minimum absolute atomic E-state index is 0.0713. The summed E-state index contributed by atoms with van der Waals surface area (Å²) in [5, 5.41) is 0.924. The van der Waals surface area contributed by atoms with Gasteiger partial charge in [0.15, 0.2) is 9.84 Å². The lowest BCUT2D eigenvalue weighted by Gasteiger charge is -1.97. The third kappa shape index (κ3) is 3.53. The van der Waals surface area contributed by atoms with E-state index in [4.69, 9.17) is 0 Å². The van der Waals surface area contributed by atoms with Crippen molar-refractivity contribution < 1.29 is 13.2 Å². The highest BCUT2D eigenvalue weighted by Gasteiger charge is 2.06. The normalized spacial score (nSPS) is 11.7. The predicted octanol–water partition coefficient (Wildman–Crippen LogP) is 1.31. The first kappa shape index (κ1) is 10.7. The summed E-state index contributed by atoms with van der Waals surface area (Å²) in [6.45, 7) is 0. The van der Waals surface area contributed by atoms with Crippen molar-refractivity contribution in [3.05, 3.63) is 47.4 Å². The summed E-state index contributed by atoms with van der Waals surface area (Å²) in [5.74, 6) is -0.0713. The van der Waals surface area contributed by atoms with Crippen molar-refractivity contribution in [3.8, 4) is 0 Å². The highest BCUT2D eigenvalue weighted by Crippen LogP contribution is 2.06. The highest BCUT2D eigenvalue weighted by atomic mass is 32.2. The third-order valence-corrected chi connectivity index (χ3v) is 2.88. The summed E-state index contributed by atoms with van der Waals surface area (Å²) in [5.41, 5.74) is 0.711. The number of hydrogen-bond acceptors (Lipinski definition) is 3. The van der Waals surface area contributed by atoms with Gasteiger partial charge in [0.1, 0.15) is 6.29 Å². The minimum Gasteiger partial charge on any atom is -0.299 e. The summed E-state index contributed by atoms with van der Waals surface area (Å²) in [6.07, 6.45) is 1.43. The SMILES string of the molecule is O=C/C=C/S(=O)(=O)Cc1ccccc1. The Labute approximate surface area is 83.0 Å². The number of benzene rings is 1. The summed E-state index contributed by atoms with van der Waals surface area (Å²) in [7, 11) is -3.31. The van der Waals surface area contributed by atoms with Gasteiger partial charge in [-0.1, -0.05) is 30.3 Å². The molecule has 1 aromatic rings. The van der Waals surface area contributed by atoms with Gasteiger partial charge >= 0.3 is 0 Å². The van der Waals surface area contributed by atoms with Crippen molar-refractivity contribution in [1.29, 1.82) is 0 Å². The van der Waals surface area contributed by atoms with Gasteiger partial charge in [-0.15, -0.1) is 0 Å². The Hall–Kier alpha value is -1.42. The molecule has 0 aromatic heterocycles. The molecule has 0 radical (unpaired) electrons. The summed E-state index contributed by atoms with van der Waals surface area (Å²) in [4.78, 5) is 9.95. The molecule has 3 nitrogen and oxygen atoms in total. The molecule has 0 unspecified atom stereocenters. The number of rotatable bonds is 4. The number of aldehydes is 1. The van der Waals surface area contributed by atoms with Crippen LogP contribution in [0.15, 0.2) is 41.8 Å². The molecule has 0 aliphatic carbocycles. The fraction of sp³-hybridized carbons (Fsp3) is 0.100. The topological polar surface area (TPSA) is 51.2 Å². The lowest BCUT2D eigenvalue weighted by molar-refractivity contribution is -0.104. The minimum atomic E-state index is -3.31. The molecule has 0 heterocycles. The predicted molar refractivity (Wildman–Crippen MR) is 54.3 cm³/mol. The van der Waals surface area contributed by atoms with E-state index in [0.717, 1.165) is 11.5 Å². The zero-order valence-corrected chi connectivity index (χ0v) is 8.28. The molecule has 4 heteroatoms. The lowest BCUT2D eigenvalue weighted by Crippen LogP contribution is -1.99. The maximum absolute atomic E-state index is 11.3. The first-order chi connectivity index (χ1) is 6.64. The number of allylic oxidation sites excluding steroid dienone is 1. The molecule has 0 N–H and O–H groups in total. The van der Waals surface area contributed by atoms with Crippen LogP contribution in [0.25, 0.3) is 0 Å². The van der Waals surface area contributed by atoms with Gasteiger partial charge in [0.25, 0.3) is 0 Å². The van der Waals surface area contributed by atoms with Crippen LogP contribution in [0.2, 0.25) is 0 Å². The van der Waals surface area contributed by atoms with Crippen molar-refractivity contribution in [1.82, 2.24) is 0 Å². The van der Waals surface area contributed by atoms with Crippen LogP contribution in [0.4, 0.5) is 0 Å². The second-order valence-electron chi connectivity index (χ2n) is 2.76. The van der Waals surface area contributed by atoms with Crippen LogP contribution in [-0.4, -0.2) is 14.7 Å². The smallest absolute Gasteiger partial charge is 0.175 e. The van der Waals surface area contributed by atoms with Crippen LogP contribution in [0.1, 0.15) is 5.56 Å². The second kappa shape index (κ2) is 4.72. The molecule has 1 aromatic carbocycles. The number of sulfone groups is 1. The van der Waals surface area contributed by atoms with Gasteiger partial charge in [-0.3, -0.25) is 4.79 Å². The van der Waals surface area contributed by atoms with Gasteiger partial charge in [-0.2, -0.15) is 0 Å². The Bertz CT molecular complexity index is 418. The van der Waals surface area contributed by atoms with Gasteiger partial charge < -0.3 is 0 Å². The monoisotopic (exact) mass is 210 g/mol. The first-order valence-corrected chi connectivity index (χ1v) is 5.74. The molecule has 0 bridgehead atoms. The molecule has 0 spiro atoms. The molecule has 0 aliphatic rings. The van der Waals surface area contributed by atoms with Gasteiger partial charge in [-0.05, 0) is 11.6 Å². The van der Waals surface area contributed by atoms with Crippen LogP contribution in [-0.2, 0) is 20.4 Å². The number of carbonyl (C=O) groups is 1. The third-order valence-electron chi connectivity index (χ3n) is 1.58. The zero-order valence-electron chi connectivity index (χ0n) is 7.46. The molecule has 0 saturated heterocycles. The Morgan fingerprint density at radius 1 is 1.14 bits per heavy atom. The van der Waals surface area contributed by atoms with E-state index >= 15 is 0 Å². The lowest BCUT2D eigenvalue weighted by atomic mass is 10.2. The van der Waals surface area contributed by atoms with Crippen molar-refractivity contribution in [3.63, 3.8) is 0 Å². The van der Waals surface area contributed by atoms with E-state index in [-0.39, 0.29) is 5.75 Å². The fourth-order valence-corrected chi connectivity index (χ4v) is 2.06. The first-order valence-electron chi connectivity index (χ1n) is 4.02. The van der Waals surface area contributed by atoms with E-state index in [2.05, 4.69) is 0 Å². The van der Waals surface area contributed by atoms with Gasteiger partial charge in [0, 0.05) is 5.41 Å². The summed E-state index contributed by atoms with van der Waals surface area (Å²) < 4.78 is 22.6. The number of carbonyl (C=O) groups excluding carboxylic acids is 1. The summed E-state index contributed by atoms with van der Waals surface area (Å²) in [6, 6.07) is 8.82. The van der Waals surface area contributed by atoms with Crippen LogP contribution >= 0.6 is 0 Å². The van der Waals surface area contributed by atoms with E-state index in [0.29, 0.717) is 11.8 Å². The van der Waals surface area contributed by atoms with E-state index in [1.54, 1.807) is 24.3 Å². The molecule has 14 heavy (non-hydrogen) atoms. The van der Waals surface area contributed by atoms with Gasteiger partial charge in [0.05, 0.1) is 5.75 Å². The maximum atomic E-state index is 11.3. The molecule has 0 saturated carbocycles. The van der Waals surface area contributed by atoms with Crippen molar-refractivity contribution in [2.24, 2.45) is 0 Å². The molecular formula is C10H10O3S. The van der Waals surface area contributed by atoms with E-state index in [9.17, 15) is 13.2 Å². The Morgan fingerprint density at radius 2 is 1.79 bits per heavy atom. The molecule has 0 amide bonds. The van der Waals surface area contributed by atoms with Crippen molar-refractivity contribution in [2.75, 3.05) is 0 Å². The van der Waals surface area contributed by atoms with E-state index in [1.807, 2.05) is 6.07 Å². The molecule has 1 rings (SSSR count). The van der Waals surface area contributed by atoms with Crippen molar-refractivity contribution >= 4 is 16.1 Å². The highest BCUT2D eigenvalue weighted by molar-refractivity contribution is 7.93. The number of hydrogen-bond donors (Lipinski definition) is 0. The molecule has 74 valence electrons. The van der Waals surface area contributed by atoms with E-state index in [1.165, 1.54) is 0 Å². The van der Waals surface area contributed by atoms with Gasteiger partial charge in [-0.25, -0.2) is 8.42 Å². The molecule has 0 atom stereocenters. The molecule has 0 fully saturated rings. The Morgan fingerprint density at radius 3 is 2.36 bits per heavy atom. The average molecular weight is 210 g/mol. The quantitative estimate of drug-likeness (QED) is 0.556. The van der Waals surface area contributed by atoms with Gasteiger partial charge in [0.2, 0.25) is 0 Å². The van der Waals surface area contributed by atoms with Crippen LogP contribution in [0.3, 0.4) is 0 Å². The van der Waals surface area contributed by atoms with Crippen LogP contribution < -0.4 is 0 Å². The van der Waals surface area contributed by atoms with Crippen LogP contribution in [0.5, 0.6) is 0 Å².